The number of para-hydroxylation sites is 1. The monoisotopic (exact) mass is 345 g/mol. The lowest BCUT2D eigenvalue weighted by molar-refractivity contribution is 0.323. The van der Waals surface area contributed by atoms with Gasteiger partial charge in [0.05, 0.1) is 6.54 Å². The molecule has 2 heteroatoms. The molecule has 0 aliphatic heterocycles. The first-order valence-electron chi connectivity index (χ1n) is 9.45. The fraction of sp³-hybridized carbons (Fsp3) is 0.250. The van der Waals surface area contributed by atoms with Gasteiger partial charge in [-0.25, -0.2) is 0 Å². The topological polar surface area (TPSA) is 12.5 Å². The SMILES string of the molecule is CCCCN(CCOc1ccc(-c2ccccc2)cc1)c1ccccc1. The number of benzene rings is 3. The molecule has 0 saturated carbocycles. The van der Waals surface area contributed by atoms with Crippen LogP contribution in [0.3, 0.4) is 0 Å². The molecule has 0 aromatic heterocycles. The molecular weight excluding hydrogens is 318 g/mol. The highest BCUT2D eigenvalue weighted by Gasteiger charge is 2.06. The van der Waals surface area contributed by atoms with Gasteiger partial charge in [0.15, 0.2) is 0 Å². The second-order valence-corrected chi connectivity index (χ2v) is 6.42. The van der Waals surface area contributed by atoms with Crippen LogP contribution in [0.4, 0.5) is 5.69 Å². The van der Waals surface area contributed by atoms with Gasteiger partial charge in [0.25, 0.3) is 0 Å². The van der Waals surface area contributed by atoms with Crippen LogP contribution < -0.4 is 9.64 Å². The van der Waals surface area contributed by atoms with Crippen molar-refractivity contribution in [1.82, 2.24) is 0 Å². The van der Waals surface area contributed by atoms with Crippen molar-refractivity contribution in [2.75, 3.05) is 24.6 Å². The molecule has 0 unspecified atom stereocenters. The zero-order valence-corrected chi connectivity index (χ0v) is 15.5. The van der Waals surface area contributed by atoms with E-state index in [0.717, 1.165) is 18.8 Å². The summed E-state index contributed by atoms with van der Waals surface area (Å²) in [6.07, 6.45) is 2.39. The van der Waals surface area contributed by atoms with Crippen LogP contribution in [0.1, 0.15) is 19.8 Å². The van der Waals surface area contributed by atoms with Crippen molar-refractivity contribution in [3.05, 3.63) is 84.9 Å². The molecular formula is C24H27NO. The zero-order valence-electron chi connectivity index (χ0n) is 15.5. The Kier molecular flexibility index (Phi) is 6.72. The number of hydrogen-bond donors (Lipinski definition) is 0. The number of ether oxygens (including phenoxy) is 1. The summed E-state index contributed by atoms with van der Waals surface area (Å²) in [5, 5.41) is 0. The van der Waals surface area contributed by atoms with Gasteiger partial charge < -0.3 is 9.64 Å². The normalized spacial score (nSPS) is 10.5. The first kappa shape index (κ1) is 18.1. The van der Waals surface area contributed by atoms with Crippen molar-refractivity contribution < 1.29 is 4.74 Å². The molecule has 0 fully saturated rings. The van der Waals surface area contributed by atoms with Crippen LogP contribution in [-0.4, -0.2) is 19.7 Å². The van der Waals surface area contributed by atoms with Gasteiger partial charge in [-0.3, -0.25) is 0 Å². The van der Waals surface area contributed by atoms with Gasteiger partial charge in [-0.2, -0.15) is 0 Å². The van der Waals surface area contributed by atoms with Gasteiger partial charge in [-0.15, -0.1) is 0 Å². The summed E-state index contributed by atoms with van der Waals surface area (Å²) in [4.78, 5) is 2.40. The minimum absolute atomic E-state index is 0.684. The first-order chi connectivity index (χ1) is 12.9. The third-order valence-electron chi connectivity index (χ3n) is 4.49. The van der Waals surface area contributed by atoms with Crippen molar-refractivity contribution in [3.8, 4) is 16.9 Å². The standard InChI is InChI=1S/C24H27NO/c1-2-3-18-25(23-12-8-5-9-13-23)19-20-26-24-16-14-22(15-17-24)21-10-6-4-7-11-21/h4-17H,2-3,18-20H2,1H3. The van der Waals surface area contributed by atoms with Crippen molar-refractivity contribution in [2.24, 2.45) is 0 Å². The van der Waals surface area contributed by atoms with E-state index in [0.29, 0.717) is 6.61 Å². The van der Waals surface area contributed by atoms with E-state index in [9.17, 15) is 0 Å². The highest BCUT2D eigenvalue weighted by atomic mass is 16.5. The molecule has 0 aliphatic rings. The highest BCUT2D eigenvalue weighted by Crippen LogP contribution is 2.22. The fourth-order valence-electron chi connectivity index (χ4n) is 3.01. The van der Waals surface area contributed by atoms with E-state index >= 15 is 0 Å². The Bertz CT molecular complexity index is 753. The molecule has 3 rings (SSSR count). The molecule has 0 bridgehead atoms. The second kappa shape index (κ2) is 9.67. The average molecular weight is 345 g/mol. The van der Waals surface area contributed by atoms with Crippen molar-refractivity contribution in [2.45, 2.75) is 19.8 Å². The molecule has 134 valence electrons. The number of nitrogens with zero attached hydrogens (tertiary/aromatic N) is 1. The van der Waals surface area contributed by atoms with Gasteiger partial charge in [0.1, 0.15) is 12.4 Å². The Balaban J connectivity index is 1.55. The van der Waals surface area contributed by atoms with Crippen molar-refractivity contribution in [3.63, 3.8) is 0 Å². The average Bonchev–Trinajstić information content (AvgIpc) is 2.72. The number of anilines is 1. The predicted octanol–water partition coefficient (Wildman–Crippen LogP) is 6.04. The van der Waals surface area contributed by atoms with E-state index in [1.54, 1.807) is 0 Å². The third kappa shape index (κ3) is 5.13. The first-order valence-corrected chi connectivity index (χ1v) is 9.45. The van der Waals surface area contributed by atoms with E-state index in [2.05, 4.69) is 90.7 Å². The maximum absolute atomic E-state index is 5.99. The molecule has 0 amide bonds. The molecule has 3 aromatic rings. The van der Waals surface area contributed by atoms with E-state index in [4.69, 9.17) is 4.74 Å². The summed E-state index contributed by atoms with van der Waals surface area (Å²) in [6, 6.07) is 29.4. The van der Waals surface area contributed by atoms with Crippen molar-refractivity contribution >= 4 is 5.69 Å². The molecule has 0 N–H and O–H groups in total. The quantitative estimate of drug-likeness (QED) is 0.469. The Morgan fingerprint density at radius 1 is 0.692 bits per heavy atom. The van der Waals surface area contributed by atoms with E-state index in [-0.39, 0.29) is 0 Å². The van der Waals surface area contributed by atoms with Gasteiger partial charge in [-0.1, -0.05) is 74.0 Å². The third-order valence-corrected chi connectivity index (χ3v) is 4.49. The predicted molar refractivity (Wildman–Crippen MR) is 111 cm³/mol. The van der Waals surface area contributed by atoms with Gasteiger partial charge in [0, 0.05) is 12.2 Å². The molecule has 0 radical (unpaired) electrons. The number of hydrogen-bond acceptors (Lipinski definition) is 2. The molecule has 26 heavy (non-hydrogen) atoms. The lowest BCUT2D eigenvalue weighted by Gasteiger charge is -2.24. The van der Waals surface area contributed by atoms with Crippen LogP contribution in [0, 0.1) is 0 Å². The Morgan fingerprint density at radius 3 is 1.96 bits per heavy atom. The Labute approximate surface area is 157 Å². The molecule has 0 spiro atoms. The number of unbranched alkanes of at least 4 members (excludes halogenated alkanes) is 1. The highest BCUT2D eigenvalue weighted by molar-refractivity contribution is 5.63. The van der Waals surface area contributed by atoms with Gasteiger partial charge >= 0.3 is 0 Å². The maximum Gasteiger partial charge on any atom is 0.119 e. The van der Waals surface area contributed by atoms with Crippen LogP contribution in [0.5, 0.6) is 5.75 Å². The molecule has 0 saturated heterocycles. The lowest BCUT2D eigenvalue weighted by Crippen LogP contribution is -2.29. The smallest absolute Gasteiger partial charge is 0.119 e. The largest absolute Gasteiger partial charge is 0.492 e. The molecule has 3 aromatic carbocycles. The van der Waals surface area contributed by atoms with Crippen LogP contribution in [0.25, 0.3) is 11.1 Å². The summed E-state index contributed by atoms with van der Waals surface area (Å²) in [5.74, 6) is 0.924. The van der Waals surface area contributed by atoms with Crippen LogP contribution in [0.2, 0.25) is 0 Å². The number of rotatable bonds is 9. The van der Waals surface area contributed by atoms with E-state index in [1.807, 2.05) is 6.07 Å². The minimum atomic E-state index is 0.684. The van der Waals surface area contributed by atoms with Crippen LogP contribution in [0.15, 0.2) is 84.9 Å². The van der Waals surface area contributed by atoms with Crippen LogP contribution >= 0.6 is 0 Å². The van der Waals surface area contributed by atoms with Crippen molar-refractivity contribution in [1.29, 1.82) is 0 Å². The molecule has 0 heterocycles. The van der Waals surface area contributed by atoms with E-state index < -0.39 is 0 Å². The summed E-state index contributed by atoms with van der Waals surface area (Å²) in [6.45, 7) is 4.87. The molecule has 0 atom stereocenters. The minimum Gasteiger partial charge on any atom is -0.492 e. The fourth-order valence-corrected chi connectivity index (χ4v) is 3.01. The van der Waals surface area contributed by atoms with Crippen LogP contribution in [-0.2, 0) is 0 Å². The Morgan fingerprint density at radius 2 is 1.31 bits per heavy atom. The maximum atomic E-state index is 5.99. The van der Waals surface area contributed by atoms with Gasteiger partial charge in [-0.05, 0) is 41.8 Å². The summed E-state index contributed by atoms with van der Waals surface area (Å²) >= 11 is 0. The molecule has 0 aliphatic carbocycles. The lowest BCUT2D eigenvalue weighted by atomic mass is 10.1. The summed E-state index contributed by atoms with van der Waals surface area (Å²) in [7, 11) is 0. The summed E-state index contributed by atoms with van der Waals surface area (Å²) in [5.41, 5.74) is 3.71. The summed E-state index contributed by atoms with van der Waals surface area (Å²) < 4.78 is 5.99. The van der Waals surface area contributed by atoms with E-state index in [1.165, 1.54) is 29.7 Å². The Hall–Kier alpha value is -2.74. The molecule has 2 nitrogen and oxygen atoms in total. The van der Waals surface area contributed by atoms with Gasteiger partial charge in [0.2, 0.25) is 0 Å². The second-order valence-electron chi connectivity index (χ2n) is 6.42. The zero-order chi connectivity index (χ0) is 18.0.